The second-order valence-corrected chi connectivity index (χ2v) is 4.14. The molecule has 2 aromatic rings. The van der Waals surface area contributed by atoms with Crippen LogP contribution < -0.4 is 10.5 Å². The monoisotopic (exact) mass is 277 g/mol. The third-order valence-corrected chi connectivity index (χ3v) is 2.91. The van der Waals surface area contributed by atoms with Crippen molar-refractivity contribution in [2.75, 3.05) is 20.0 Å². The molecule has 0 aliphatic heterocycles. The molecular formula is C13H15N3O4. The van der Waals surface area contributed by atoms with Crippen molar-refractivity contribution in [1.82, 2.24) is 9.78 Å². The Bertz CT molecular complexity index is 644. The average molecular weight is 277 g/mol. The molecule has 0 amide bonds. The molecule has 0 saturated carbocycles. The van der Waals surface area contributed by atoms with E-state index in [2.05, 4.69) is 9.84 Å². The topological polar surface area (TPSA) is 99.6 Å². The fraction of sp³-hybridized carbons (Fsp3) is 0.231. The molecule has 0 aliphatic rings. The predicted octanol–water partition coefficient (Wildman–Crippen LogP) is 1.17. The largest absolute Gasteiger partial charge is 0.504 e. The summed E-state index contributed by atoms with van der Waals surface area (Å²) in [7, 11) is 4.35. The molecule has 7 heteroatoms. The summed E-state index contributed by atoms with van der Waals surface area (Å²) in [6.07, 6.45) is 0. The standard InChI is InChI=1S/C13H15N3O4/c1-16-11(14)6-9(15-16)8-4-7(13(18)20-3)5-10(19-2)12(8)17/h4-6,17H,14H2,1-3H3. The number of aromatic hydroxyl groups is 1. The zero-order chi connectivity index (χ0) is 14.9. The fourth-order valence-electron chi connectivity index (χ4n) is 1.81. The average Bonchev–Trinajstić information content (AvgIpc) is 2.77. The summed E-state index contributed by atoms with van der Waals surface area (Å²) in [5.41, 5.74) is 6.75. The van der Waals surface area contributed by atoms with Crippen LogP contribution >= 0.6 is 0 Å². The van der Waals surface area contributed by atoms with E-state index in [1.54, 1.807) is 13.1 Å². The highest BCUT2D eigenvalue weighted by Gasteiger charge is 2.18. The van der Waals surface area contributed by atoms with Gasteiger partial charge in [-0.1, -0.05) is 0 Å². The molecule has 3 N–H and O–H groups in total. The lowest BCUT2D eigenvalue weighted by atomic mass is 10.1. The fourth-order valence-corrected chi connectivity index (χ4v) is 1.81. The van der Waals surface area contributed by atoms with Crippen LogP contribution in [0.4, 0.5) is 5.82 Å². The summed E-state index contributed by atoms with van der Waals surface area (Å²) in [5.74, 6) is -0.0549. The van der Waals surface area contributed by atoms with Gasteiger partial charge in [-0.05, 0) is 12.1 Å². The first-order chi connectivity index (χ1) is 9.47. The molecular weight excluding hydrogens is 262 g/mol. The number of anilines is 1. The van der Waals surface area contributed by atoms with E-state index in [4.69, 9.17) is 10.5 Å². The lowest BCUT2D eigenvalue weighted by molar-refractivity contribution is 0.0600. The number of nitrogens with zero attached hydrogens (tertiary/aromatic N) is 2. The Kier molecular flexibility index (Phi) is 3.51. The number of aryl methyl sites for hydroxylation is 1. The zero-order valence-corrected chi connectivity index (χ0v) is 11.4. The molecule has 0 aliphatic carbocycles. The van der Waals surface area contributed by atoms with Crippen molar-refractivity contribution < 1.29 is 19.4 Å². The maximum atomic E-state index is 11.6. The molecule has 1 aromatic carbocycles. The van der Waals surface area contributed by atoms with Gasteiger partial charge >= 0.3 is 5.97 Å². The lowest BCUT2D eigenvalue weighted by Gasteiger charge is -2.09. The number of hydrogen-bond acceptors (Lipinski definition) is 6. The van der Waals surface area contributed by atoms with Gasteiger partial charge in [0.2, 0.25) is 0 Å². The lowest BCUT2D eigenvalue weighted by Crippen LogP contribution is -2.02. The molecule has 0 radical (unpaired) electrons. The van der Waals surface area contributed by atoms with Gasteiger partial charge < -0.3 is 20.3 Å². The Labute approximate surface area is 115 Å². The first-order valence-corrected chi connectivity index (χ1v) is 5.77. The van der Waals surface area contributed by atoms with Gasteiger partial charge in [-0.3, -0.25) is 4.68 Å². The Hall–Kier alpha value is -2.70. The van der Waals surface area contributed by atoms with Crippen LogP contribution in [0.15, 0.2) is 18.2 Å². The van der Waals surface area contributed by atoms with E-state index in [-0.39, 0.29) is 17.1 Å². The normalized spacial score (nSPS) is 10.3. The van der Waals surface area contributed by atoms with Crippen molar-refractivity contribution in [3.8, 4) is 22.8 Å². The highest BCUT2D eigenvalue weighted by atomic mass is 16.5. The first-order valence-electron chi connectivity index (χ1n) is 5.77. The molecule has 1 heterocycles. The van der Waals surface area contributed by atoms with E-state index in [0.29, 0.717) is 17.1 Å². The van der Waals surface area contributed by atoms with Crippen molar-refractivity contribution in [2.24, 2.45) is 7.05 Å². The summed E-state index contributed by atoms with van der Waals surface area (Å²) in [6, 6.07) is 4.47. The van der Waals surface area contributed by atoms with Gasteiger partial charge in [0.05, 0.1) is 25.5 Å². The summed E-state index contributed by atoms with van der Waals surface area (Å²) in [6.45, 7) is 0. The van der Waals surface area contributed by atoms with E-state index in [9.17, 15) is 9.90 Å². The number of benzene rings is 1. The van der Waals surface area contributed by atoms with Gasteiger partial charge in [0.1, 0.15) is 5.82 Å². The van der Waals surface area contributed by atoms with E-state index < -0.39 is 5.97 Å². The molecule has 0 saturated heterocycles. The van der Waals surface area contributed by atoms with Gasteiger partial charge in [-0.2, -0.15) is 5.10 Å². The minimum absolute atomic E-state index is 0.113. The smallest absolute Gasteiger partial charge is 0.338 e. The number of carbonyl (C=O) groups is 1. The van der Waals surface area contributed by atoms with E-state index in [1.165, 1.54) is 31.0 Å². The Morgan fingerprint density at radius 2 is 2.05 bits per heavy atom. The van der Waals surface area contributed by atoms with Crippen LogP contribution in [0.5, 0.6) is 11.5 Å². The maximum absolute atomic E-state index is 11.6. The molecule has 0 bridgehead atoms. The third kappa shape index (κ3) is 2.25. The molecule has 0 spiro atoms. The van der Waals surface area contributed by atoms with Gasteiger partial charge in [-0.25, -0.2) is 4.79 Å². The minimum Gasteiger partial charge on any atom is -0.504 e. The second kappa shape index (κ2) is 5.12. The molecule has 1 aromatic heterocycles. The summed E-state index contributed by atoms with van der Waals surface area (Å²) < 4.78 is 11.2. The molecule has 20 heavy (non-hydrogen) atoms. The Balaban J connectivity index is 2.64. The van der Waals surface area contributed by atoms with E-state index in [0.717, 1.165) is 0 Å². The minimum atomic E-state index is -0.534. The van der Waals surface area contributed by atoms with E-state index >= 15 is 0 Å². The summed E-state index contributed by atoms with van der Waals surface area (Å²) in [5, 5.41) is 14.3. The quantitative estimate of drug-likeness (QED) is 0.817. The number of ether oxygens (including phenoxy) is 2. The number of nitrogens with two attached hydrogens (primary N) is 1. The molecule has 0 unspecified atom stereocenters. The summed E-state index contributed by atoms with van der Waals surface area (Å²) in [4.78, 5) is 11.6. The first kappa shape index (κ1) is 13.7. The number of esters is 1. The van der Waals surface area contributed by atoms with Crippen LogP contribution in [0.25, 0.3) is 11.3 Å². The van der Waals surface area contributed by atoms with Gasteiger partial charge in [0.25, 0.3) is 0 Å². The molecule has 7 nitrogen and oxygen atoms in total. The third-order valence-electron chi connectivity index (χ3n) is 2.91. The van der Waals surface area contributed by atoms with Crippen LogP contribution in [-0.2, 0) is 11.8 Å². The van der Waals surface area contributed by atoms with Crippen LogP contribution in [-0.4, -0.2) is 35.1 Å². The zero-order valence-electron chi connectivity index (χ0n) is 11.4. The SMILES string of the molecule is COC(=O)c1cc(OC)c(O)c(-c2cc(N)n(C)n2)c1. The number of phenols is 1. The van der Waals surface area contributed by atoms with Crippen LogP contribution in [0.2, 0.25) is 0 Å². The highest BCUT2D eigenvalue weighted by molar-refractivity contribution is 5.93. The Morgan fingerprint density at radius 1 is 1.35 bits per heavy atom. The van der Waals surface area contributed by atoms with Crippen LogP contribution in [0, 0.1) is 0 Å². The van der Waals surface area contributed by atoms with Crippen molar-refractivity contribution >= 4 is 11.8 Å². The number of carbonyl (C=O) groups excluding carboxylic acids is 1. The molecule has 2 rings (SSSR count). The number of rotatable bonds is 3. The number of nitrogen functional groups attached to an aromatic ring is 1. The van der Waals surface area contributed by atoms with Crippen molar-refractivity contribution in [3.05, 3.63) is 23.8 Å². The summed E-state index contributed by atoms with van der Waals surface area (Å²) >= 11 is 0. The van der Waals surface area contributed by atoms with Crippen molar-refractivity contribution in [2.45, 2.75) is 0 Å². The molecule has 0 fully saturated rings. The molecule has 0 atom stereocenters. The van der Waals surface area contributed by atoms with Crippen LogP contribution in [0.3, 0.4) is 0 Å². The second-order valence-electron chi connectivity index (χ2n) is 4.14. The predicted molar refractivity (Wildman–Crippen MR) is 72.6 cm³/mol. The van der Waals surface area contributed by atoms with Gasteiger partial charge in [0.15, 0.2) is 11.5 Å². The van der Waals surface area contributed by atoms with Gasteiger partial charge in [-0.15, -0.1) is 0 Å². The van der Waals surface area contributed by atoms with Crippen LogP contribution in [0.1, 0.15) is 10.4 Å². The number of hydrogen-bond donors (Lipinski definition) is 2. The molecule has 106 valence electrons. The van der Waals surface area contributed by atoms with Crippen molar-refractivity contribution in [1.29, 1.82) is 0 Å². The highest BCUT2D eigenvalue weighted by Crippen LogP contribution is 2.38. The van der Waals surface area contributed by atoms with E-state index in [1.807, 2.05) is 0 Å². The maximum Gasteiger partial charge on any atom is 0.338 e. The number of phenolic OH excluding ortho intramolecular Hbond substituents is 1. The number of aromatic nitrogens is 2. The van der Waals surface area contributed by atoms with Gasteiger partial charge in [0, 0.05) is 18.7 Å². The van der Waals surface area contributed by atoms with Crippen molar-refractivity contribution in [3.63, 3.8) is 0 Å². The number of methoxy groups -OCH3 is 2. The Morgan fingerprint density at radius 3 is 2.55 bits per heavy atom.